The molecule has 88 valence electrons. The molecule has 2 rings (SSSR count). The molecule has 0 amide bonds. The summed E-state index contributed by atoms with van der Waals surface area (Å²) in [7, 11) is 0. The van der Waals surface area contributed by atoms with Gasteiger partial charge in [-0.2, -0.15) is 0 Å². The van der Waals surface area contributed by atoms with Gasteiger partial charge < -0.3 is 5.32 Å². The minimum Gasteiger partial charge on any atom is -0.310 e. The van der Waals surface area contributed by atoms with Crippen molar-refractivity contribution < 1.29 is 0 Å². The highest BCUT2D eigenvalue weighted by Crippen LogP contribution is 2.34. The van der Waals surface area contributed by atoms with Crippen LogP contribution < -0.4 is 5.32 Å². The summed E-state index contributed by atoms with van der Waals surface area (Å²) in [5.74, 6) is 0.952. The van der Waals surface area contributed by atoms with Gasteiger partial charge in [-0.1, -0.05) is 54.2 Å². The fourth-order valence-corrected chi connectivity index (χ4v) is 2.60. The van der Waals surface area contributed by atoms with Crippen molar-refractivity contribution in [3.8, 4) is 0 Å². The Morgan fingerprint density at radius 1 is 1.31 bits per heavy atom. The number of hydrogen-bond acceptors (Lipinski definition) is 1. The van der Waals surface area contributed by atoms with E-state index in [1.807, 2.05) is 0 Å². The molecule has 1 N–H and O–H groups in total. The second-order valence-electron chi connectivity index (χ2n) is 4.69. The summed E-state index contributed by atoms with van der Waals surface area (Å²) < 4.78 is 1.16. The molecule has 0 aliphatic heterocycles. The first kappa shape index (κ1) is 12.1. The average Bonchev–Trinajstić information content (AvgIpc) is 2.23. The minimum atomic E-state index is 0.545. The summed E-state index contributed by atoms with van der Waals surface area (Å²) in [5, 5.41) is 3.60. The Kier molecular flexibility index (Phi) is 4.42. The van der Waals surface area contributed by atoms with Crippen LogP contribution in [0.4, 0.5) is 0 Å². The quantitative estimate of drug-likeness (QED) is 0.849. The first-order chi connectivity index (χ1) is 7.79. The highest BCUT2D eigenvalue weighted by Gasteiger charge is 2.22. The topological polar surface area (TPSA) is 12.0 Å². The van der Waals surface area contributed by atoms with Gasteiger partial charge in [-0.15, -0.1) is 0 Å². The van der Waals surface area contributed by atoms with Crippen LogP contribution in [0.3, 0.4) is 0 Å². The lowest BCUT2D eigenvalue weighted by atomic mass is 9.79. The van der Waals surface area contributed by atoms with Crippen molar-refractivity contribution in [1.82, 2.24) is 5.32 Å². The summed E-state index contributed by atoms with van der Waals surface area (Å²) in [6, 6.07) is 9.29. The largest absolute Gasteiger partial charge is 0.310 e. The smallest absolute Gasteiger partial charge is 0.0322 e. The van der Waals surface area contributed by atoms with Crippen molar-refractivity contribution in [1.29, 1.82) is 0 Å². The standard InChI is InChI=1S/C14H20BrN/c1-2-16-14(10-11-4-3-5-11)12-6-8-13(15)9-7-12/h6-9,11,14,16H,2-5,10H2,1H3. The van der Waals surface area contributed by atoms with E-state index in [4.69, 9.17) is 0 Å². The third-order valence-corrected chi connectivity index (χ3v) is 4.05. The van der Waals surface area contributed by atoms with Crippen LogP contribution in [0.25, 0.3) is 0 Å². The first-order valence-electron chi connectivity index (χ1n) is 6.28. The van der Waals surface area contributed by atoms with Crippen LogP contribution in [0.1, 0.15) is 44.2 Å². The molecule has 1 atom stereocenters. The van der Waals surface area contributed by atoms with Gasteiger partial charge in [-0.05, 0) is 36.6 Å². The van der Waals surface area contributed by atoms with Crippen LogP contribution in [-0.4, -0.2) is 6.54 Å². The van der Waals surface area contributed by atoms with E-state index in [0.717, 1.165) is 16.9 Å². The van der Waals surface area contributed by atoms with E-state index in [0.29, 0.717) is 6.04 Å². The van der Waals surface area contributed by atoms with Gasteiger partial charge in [0.2, 0.25) is 0 Å². The summed E-state index contributed by atoms with van der Waals surface area (Å²) >= 11 is 3.49. The molecule has 0 spiro atoms. The van der Waals surface area contributed by atoms with Gasteiger partial charge in [-0.3, -0.25) is 0 Å². The third-order valence-electron chi connectivity index (χ3n) is 3.52. The molecule has 0 aromatic heterocycles. The van der Waals surface area contributed by atoms with E-state index >= 15 is 0 Å². The highest BCUT2D eigenvalue weighted by molar-refractivity contribution is 9.10. The Morgan fingerprint density at radius 2 is 2.00 bits per heavy atom. The Labute approximate surface area is 107 Å². The maximum absolute atomic E-state index is 3.60. The zero-order valence-corrected chi connectivity index (χ0v) is 11.5. The summed E-state index contributed by atoms with van der Waals surface area (Å²) in [4.78, 5) is 0. The molecular weight excluding hydrogens is 262 g/mol. The van der Waals surface area contributed by atoms with Crippen LogP contribution in [0.5, 0.6) is 0 Å². The molecule has 0 saturated heterocycles. The second kappa shape index (κ2) is 5.83. The Balaban J connectivity index is 2.01. The lowest BCUT2D eigenvalue weighted by Gasteiger charge is -2.30. The molecule has 1 aromatic rings. The summed E-state index contributed by atoms with van der Waals surface area (Å²) in [6.45, 7) is 3.24. The number of nitrogens with one attached hydrogen (secondary N) is 1. The molecule has 1 fully saturated rings. The molecule has 0 radical (unpaired) electrons. The van der Waals surface area contributed by atoms with Crippen LogP contribution in [0.2, 0.25) is 0 Å². The molecule has 1 unspecified atom stereocenters. The molecule has 0 bridgehead atoms. The van der Waals surface area contributed by atoms with E-state index in [1.54, 1.807) is 0 Å². The molecule has 16 heavy (non-hydrogen) atoms. The fourth-order valence-electron chi connectivity index (χ4n) is 2.34. The molecular formula is C14H20BrN. The van der Waals surface area contributed by atoms with Gasteiger partial charge in [0.15, 0.2) is 0 Å². The van der Waals surface area contributed by atoms with Gasteiger partial charge in [0.05, 0.1) is 0 Å². The van der Waals surface area contributed by atoms with E-state index in [-0.39, 0.29) is 0 Å². The van der Waals surface area contributed by atoms with Gasteiger partial charge in [0.25, 0.3) is 0 Å². The maximum Gasteiger partial charge on any atom is 0.0322 e. The molecule has 1 aromatic carbocycles. The van der Waals surface area contributed by atoms with Crippen LogP contribution in [-0.2, 0) is 0 Å². The number of hydrogen-bond donors (Lipinski definition) is 1. The van der Waals surface area contributed by atoms with E-state index in [9.17, 15) is 0 Å². The van der Waals surface area contributed by atoms with E-state index < -0.39 is 0 Å². The number of benzene rings is 1. The minimum absolute atomic E-state index is 0.545. The zero-order valence-electron chi connectivity index (χ0n) is 9.88. The second-order valence-corrected chi connectivity index (χ2v) is 5.61. The predicted octanol–water partition coefficient (Wildman–Crippen LogP) is 4.29. The van der Waals surface area contributed by atoms with Crippen molar-refractivity contribution in [3.05, 3.63) is 34.3 Å². The summed E-state index contributed by atoms with van der Waals surface area (Å²) in [6.07, 6.45) is 5.59. The monoisotopic (exact) mass is 281 g/mol. The van der Waals surface area contributed by atoms with Crippen molar-refractivity contribution in [2.45, 2.75) is 38.6 Å². The Bertz CT molecular complexity index is 316. The normalized spacial score (nSPS) is 18.1. The van der Waals surface area contributed by atoms with Crippen LogP contribution in [0.15, 0.2) is 28.7 Å². The molecule has 1 aliphatic carbocycles. The van der Waals surface area contributed by atoms with E-state index in [2.05, 4.69) is 52.4 Å². The van der Waals surface area contributed by atoms with Crippen molar-refractivity contribution in [3.63, 3.8) is 0 Å². The van der Waals surface area contributed by atoms with Gasteiger partial charge in [0.1, 0.15) is 0 Å². The lowest BCUT2D eigenvalue weighted by Crippen LogP contribution is -2.25. The highest BCUT2D eigenvalue weighted by atomic mass is 79.9. The molecule has 2 heteroatoms. The SMILES string of the molecule is CCNC(CC1CCC1)c1ccc(Br)cc1. The fraction of sp³-hybridized carbons (Fsp3) is 0.571. The molecule has 1 aliphatic rings. The zero-order chi connectivity index (χ0) is 11.4. The summed E-state index contributed by atoms with van der Waals surface area (Å²) in [5.41, 5.74) is 1.43. The van der Waals surface area contributed by atoms with Gasteiger partial charge in [0, 0.05) is 10.5 Å². The van der Waals surface area contributed by atoms with Gasteiger partial charge in [-0.25, -0.2) is 0 Å². The van der Waals surface area contributed by atoms with E-state index in [1.165, 1.54) is 31.2 Å². The van der Waals surface area contributed by atoms with Crippen LogP contribution >= 0.6 is 15.9 Å². The first-order valence-corrected chi connectivity index (χ1v) is 7.07. The number of halogens is 1. The molecule has 1 nitrogen and oxygen atoms in total. The van der Waals surface area contributed by atoms with Crippen molar-refractivity contribution in [2.24, 2.45) is 5.92 Å². The maximum atomic E-state index is 3.60. The Morgan fingerprint density at radius 3 is 2.50 bits per heavy atom. The predicted molar refractivity (Wildman–Crippen MR) is 72.5 cm³/mol. The molecule has 0 heterocycles. The van der Waals surface area contributed by atoms with Crippen LogP contribution in [0, 0.1) is 5.92 Å². The third kappa shape index (κ3) is 3.08. The Hall–Kier alpha value is -0.340. The van der Waals surface area contributed by atoms with Crippen molar-refractivity contribution in [2.75, 3.05) is 6.54 Å². The average molecular weight is 282 g/mol. The van der Waals surface area contributed by atoms with Crippen molar-refractivity contribution >= 4 is 15.9 Å². The lowest BCUT2D eigenvalue weighted by molar-refractivity contribution is 0.262. The molecule has 1 saturated carbocycles. The number of rotatable bonds is 5. The van der Waals surface area contributed by atoms with Gasteiger partial charge >= 0.3 is 0 Å².